The van der Waals surface area contributed by atoms with Gasteiger partial charge in [-0.05, 0) is 47.9 Å². The van der Waals surface area contributed by atoms with Crippen molar-refractivity contribution < 1.29 is 4.74 Å². The Hall–Kier alpha value is -3.93. The van der Waals surface area contributed by atoms with E-state index in [1.54, 1.807) is 6.20 Å². The quantitative estimate of drug-likeness (QED) is 0.502. The first-order valence-electron chi connectivity index (χ1n) is 10.2. The van der Waals surface area contributed by atoms with E-state index in [9.17, 15) is 0 Å². The highest BCUT2D eigenvalue weighted by atomic mass is 16.5. The molecular weight excluding hydrogens is 386 g/mol. The molecule has 6 heteroatoms. The molecule has 0 spiro atoms. The predicted octanol–water partition coefficient (Wildman–Crippen LogP) is 5.16. The molecule has 2 aromatic heterocycles. The molecule has 3 heterocycles. The van der Waals surface area contributed by atoms with Gasteiger partial charge in [0, 0.05) is 24.6 Å². The van der Waals surface area contributed by atoms with E-state index >= 15 is 0 Å². The third kappa shape index (κ3) is 3.92. The van der Waals surface area contributed by atoms with E-state index in [-0.39, 0.29) is 6.04 Å². The SMILES string of the molecule is Cc1cc(-c2ccc(Nc3ncc4c(n3)N(C)C(c3ccccc3)CO4)cc2)ccn1. The number of pyridine rings is 1. The monoisotopic (exact) mass is 409 g/mol. The Morgan fingerprint density at radius 3 is 2.55 bits per heavy atom. The van der Waals surface area contributed by atoms with Crippen LogP contribution in [0.3, 0.4) is 0 Å². The fourth-order valence-electron chi connectivity index (χ4n) is 3.80. The highest BCUT2D eigenvalue weighted by Crippen LogP contribution is 2.37. The van der Waals surface area contributed by atoms with Gasteiger partial charge in [0.15, 0.2) is 11.6 Å². The first kappa shape index (κ1) is 19.1. The second-order valence-corrected chi connectivity index (χ2v) is 7.62. The smallest absolute Gasteiger partial charge is 0.229 e. The van der Waals surface area contributed by atoms with Gasteiger partial charge in [-0.25, -0.2) is 4.98 Å². The zero-order valence-electron chi connectivity index (χ0n) is 17.5. The van der Waals surface area contributed by atoms with Gasteiger partial charge in [0.1, 0.15) is 6.61 Å². The molecule has 154 valence electrons. The summed E-state index contributed by atoms with van der Waals surface area (Å²) in [6, 6.07) is 22.8. The average Bonchev–Trinajstić information content (AvgIpc) is 2.81. The summed E-state index contributed by atoms with van der Waals surface area (Å²) in [7, 11) is 2.04. The summed E-state index contributed by atoms with van der Waals surface area (Å²) in [4.78, 5) is 15.6. The third-order valence-electron chi connectivity index (χ3n) is 5.49. The highest BCUT2D eigenvalue weighted by molar-refractivity contribution is 5.68. The fraction of sp³-hybridized carbons (Fsp3) is 0.160. The molecule has 1 aliphatic heterocycles. The summed E-state index contributed by atoms with van der Waals surface area (Å²) in [5, 5.41) is 3.30. The molecule has 1 N–H and O–H groups in total. The molecule has 5 rings (SSSR count). The van der Waals surface area contributed by atoms with Crippen molar-refractivity contribution >= 4 is 17.5 Å². The molecule has 0 radical (unpaired) electrons. The van der Waals surface area contributed by atoms with E-state index in [2.05, 4.69) is 50.5 Å². The number of fused-ring (bicyclic) bond motifs is 1. The molecule has 0 saturated carbocycles. The second-order valence-electron chi connectivity index (χ2n) is 7.62. The number of ether oxygens (including phenoxy) is 1. The van der Waals surface area contributed by atoms with Crippen molar-refractivity contribution in [2.45, 2.75) is 13.0 Å². The van der Waals surface area contributed by atoms with Crippen LogP contribution in [-0.4, -0.2) is 28.6 Å². The van der Waals surface area contributed by atoms with Gasteiger partial charge in [-0.2, -0.15) is 4.98 Å². The van der Waals surface area contributed by atoms with Crippen LogP contribution in [0.25, 0.3) is 11.1 Å². The summed E-state index contributed by atoms with van der Waals surface area (Å²) in [5.41, 5.74) is 5.41. The Balaban J connectivity index is 1.36. The van der Waals surface area contributed by atoms with Crippen LogP contribution in [0.5, 0.6) is 5.75 Å². The molecule has 1 unspecified atom stereocenters. The van der Waals surface area contributed by atoms with Crippen molar-refractivity contribution in [2.24, 2.45) is 0 Å². The fourth-order valence-corrected chi connectivity index (χ4v) is 3.80. The Morgan fingerprint density at radius 2 is 1.77 bits per heavy atom. The minimum Gasteiger partial charge on any atom is -0.486 e. The van der Waals surface area contributed by atoms with Gasteiger partial charge >= 0.3 is 0 Å². The first-order chi connectivity index (χ1) is 15.2. The largest absolute Gasteiger partial charge is 0.486 e. The van der Waals surface area contributed by atoms with Crippen LogP contribution in [0.4, 0.5) is 17.5 Å². The molecular formula is C25H23N5O. The van der Waals surface area contributed by atoms with Crippen LogP contribution in [0.15, 0.2) is 79.1 Å². The predicted molar refractivity (Wildman–Crippen MR) is 123 cm³/mol. The molecule has 6 nitrogen and oxygen atoms in total. The lowest BCUT2D eigenvalue weighted by Crippen LogP contribution is -2.34. The van der Waals surface area contributed by atoms with Gasteiger partial charge in [-0.3, -0.25) is 4.98 Å². The van der Waals surface area contributed by atoms with E-state index in [0.29, 0.717) is 18.3 Å². The lowest BCUT2D eigenvalue weighted by atomic mass is 10.1. The Bertz CT molecular complexity index is 1190. The maximum atomic E-state index is 5.94. The zero-order chi connectivity index (χ0) is 21.2. The summed E-state index contributed by atoms with van der Waals surface area (Å²) in [5.74, 6) is 2.01. The number of aryl methyl sites for hydroxylation is 1. The van der Waals surface area contributed by atoms with Gasteiger partial charge in [0.25, 0.3) is 0 Å². The third-order valence-corrected chi connectivity index (χ3v) is 5.49. The van der Waals surface area contributed by atoms with Crippen LogP contribution in [0.1, 0.15) is 17.3 Å². The summed E-state index contributed by atoms with van der Waals surface area (Å²) in [6.07, 6.45) is 3.57. The standard InChI is InChI=1S/C25H23N5O/c1-17-14-20(12-13-26-17)18-8-10-21(11-9-18)28-25-27-15-23-24(29-25)30(2)22(16-31-23)19-6-4-3-5-7-19/h3-15,22H,16H2,1-2H3,(H,27,28,29). The maximum absolute atomic E-state index is 5.94. The molecule has 0 amide bonds. The summed E-state index contributed by atoms with van der Waals surface area (Å²) >= 11 is 0. The molecule has 0 aliphatic carbocycles. The lowest BCUT2D eigenvalue weighted by Gasteiger charge is -2.34. The number of likely N-dealkylation sites (N-methyl/N-ethyl adjacent to an activating group) is 1. The van der Waals surface area contributed by atoms with E-state index in [4.69, 9.17) is 9.72 Å². The van der Waals surface area contributed by atoms with Crippen LogP contribution in [0, 0.1) is 6.92 Å². The molecule has 0 saturated heterocycles. The Labute approximate surface area is 181 Å². The van der Waals surface area contributed by atoms with Crippen molar-refractivity contribution in [2.75, 3.05) is 23.9 Å². The van der Waals surface area contributed by atoms with Crippen molar-refractivity contribution in [1.29, 1.82) is 0 Å². The number of hydrogen-bond acceptors (Lipinski definition) is 6. The maximum Gasteiger partial charge on any atom is 0.229 e. The molecule has 0 fully saturated rings. The van der Waals surface area contributed by atoms with Gasteiger partial charge in [-0.15, -0.1) is 0 Å². The van der Waals surface area contributed by atoms with Crippen molar-refractivity contribution in [3.05, 3.63) is 90.4 Å². The number of nitrogens with zero attached hydrogens (tertiary/aromatic N) is 4. The van der Waals surface area contributed by atoms with Crippen LogP contribution in [-0.2, 0) is 0 Å². The second kappa shape index (κ2) is 8.07. The molecule has 0 bridgehead atoms. The summed E-state index contributed by atoms with van der Waals surface area (Å²) in [6.45, 7) is 2.57. The van der Waals surface area contributed by atoms with Crippen LogP contribution in [0.2, 0.25) is 0 Å². The first-order valence-corrected chi connectivity index (χ1v) is 10.2. The minimum absolute atomic E-state index is 0.111. The van der Waals surface area contributed by atoms with Gasteiger partial charge in [0.2, 0.25) is 5.95 Å². The normalized spacial score (nSPS) is 15.2. The number of aromatic nitrogens is 3. The molecule has 31 heavy (non-hydrogen) atoms. The van der Waals surface area contributed by atoms with Crippen molar-refractivity contribution in [3.8, 4) is 16.9 Å². The Morgan fingerprint density at radius 1 is 0.968 bits per heavy atom. The van der Waals surface area contributed by atoms with E-state index in [1.807, 2.05) is 56.6 Å². The zero-order valence-corrected chi connectivity index (χ0v) is 17.5. The average molecular weight is 409 g/mol. The minimum atomic E-state index is 0.111. The van der Waals surface area contributed by atoms with Crippen molar-refractivity contribution in [1.82, 2.24) is 15.0 Å². The number of benzene rings is 2. The van der Waals surface area contributed by atoms with E-state index in [0.717, 1.165) is 28.3 Å². The molecule has 1 aliphatic rings. The molecule has 1 atom stereocenters. The lowest BCUT2D eigenvalue weighted by molar-refractivity contribution is 0.265. The van der Waals surface area contributed by atoms with Crippen molar-refractivity contribution in [3.63, 3.8) is 0 Å². The van der Waals surface area contributed by atoms with E-state index < -0.39 is 0 Å². The number of nitrogens with one attached hydrogen (secondary N) is 1. The number of anilines is 3. The van der Waals surface area contributed by atoms with Gasteiger partial charge in [-0.1, -0.05) is 42.5 Å². The number of rotatable bonds is 4. The van der Waals surface area contributed by atoms with Gasteiger partial charge in [0.05, 0.1) is 12.2 Å². The van der Waals surface area contributed by atoms with E-state index in [1.165, 1.54) is 5.56 Å². The van der Waals surface area contributed by atoms with Gasteiger partial charge < -0.3 is 15.0 Å². The molecule has 4 aromatic rings. The topological polar surface area (TPSA) is 63.2 Å². The molecule has 2 aromatic carbocycles. The highest BCUT2D eigenvalue weighted by Gasteiger charge is 2.28. The number of hydrogen-bond donors (Lipinski definition) is 1. The van der Waals surface area contributed by atoms with Crippen LogP contribution >= 0.6 is 0 Å². The Kier molecular flexibility index (Phi) is 4.96. The summed E-state index contributed by atoms with van der Waals surface area (Å²) < 4.78 is 5.94. The van der Waals surface area contributed by atoms with Crippen LogP contribution < -0.4 is 15.0 Å².